The van der Waals surface area contributed by atoms with Crippen molar-refractivity contribution in [2.75, 3.05) is 29.9 Å². The number of hydrogen-bond acceptors (Lipinski definition) is 8. The Morgan fingerprint density at radius 3 is 2.49 bits per heavy atom. The first kappa shape index (κ1) is 30.8. The summed E-state index contributed by atoms with van der Waals surface area (Å²) in [5.74, 6) is 1.51. The third-order valence-electron chi connectivity index (χ3n) is 5.95. The number of nitrogens with one attached hydrogen (secondary N) is 2. The predicted octanol–water partition coefficient (Wildman–Crippen LogP) is 6.44. The van der Waals surface area contributed by atoms with Gasteiger partial charge in [0.2, 0.25) is 0 Å². The molecule has 0 spiro atoms. The molecule has 11 nitrogen and oxygen atoms in total. The maximum absolute atomic E-state index is 13.6. The van der Waals surface area contributed by atoms with Crippen LogP contribution < -0.4 is 20.3 Å². The van der Waals surface area contributed by atoms with Crippen molar-refractivity contribution in [3.63, 3.8) is 0 Å². The highest BCUT2D eigenvalue weighted by Gasteiger charge is 2.29. The molecule has 0 atom stereocenters. The first-order valence-corrected chi connectivity index (χ1v) is 13.5. The topological polar surface area (TPSA) is 130 Å². The third-order valence-corrected chi connectivity index (χ3v) is 5.95. The van der Waals surface area contributed by atoms with Crippen molar-refractivity contribution < 1.29 is 23.8 Å². The van der Waals surface area contributed by atoms with E-state index in [1.54, 1.807) is 81.7 Å². The minimum atomic E-state index is -0.637. The number of nitriles is 1. The van der Waals surface area contributed by atoms with Crippen molar-refractivity contribution in [3.8, 4) is 11.8 Å². The number of nitrogens with zero attached hydrogens (tertiary/aromatic N) is 4. The first-order valence-electron chi connectivity index (χ1n) is 13.5. The molecular formula is C30H38N6O5. The van der Waals surface area contributed by atoms with Gasteiger partial charge in [-0.05, 0) is 91.3 Å². The van der Waals surface area contributed by atoms with Gasteiger partial charge in [-0.25, -0.2) is 19.0 Å². The third kappa shape index (κ3) is 7.69. The zero-order valence-electron chi connectivity index (χ0n) is 24.7. The molecule has 2 N–H and O–H groups in total. The molecule has 0 aliphatic rings. The van der Waals surface area contributed by atoms with E-state index in [1.807, 2.05) is 13.8 Å². The monoisotopic (exact) mass is 562 g/mol. The lowest BCUT2D eigenvalue weighted by atomic mass is 10.1. The van der Waals surface area contributed by atoms with Gasteiger partial charge < -0.3 is 24.8 Å². The van der Waals surface area contributed by atoms with Crippen LogP contribution in [-0.2, 0) is 9.47 Å². The van der Waals surface area contributed by atoms with E-state index in [-0.39, 0.29) is 0 Å². The number of carbonyl (C=O) groups excluding carboxylic acids is 2. The summed E-state index contributed by atoms with van der Waals surface area (Å²) in [7, 11) is 0. The van der Waals surface area contributed by atoms with E-state index >= 15 is 0 Å². The fourth-order valence-corrected chi connectivity index (χ4v) is 4.07. The molecule has 0 bridgehead atoms. The second-order valence-corrected chi connectivity index (χ2v) is 10.2. The van der Waals surface area contributed by atoms with Gasteiger partial charge in [0.05, 0.1) is 29.7 Å². The number of anilines is 3. The molecule has 2 amide bonds. The van der Waals surface area contributed by atoms with Crippen LogP contribution in [0.15, 0.2) is 48.4 Å². The van der Waals surface area contributed by atoms with E-state index in [9.17, 15) is 14.9 Å². The normalized spacial score (nSPS) is 11.5. The number of hydrogen-bond donors (Lipinski definition) is 2. The molecule has 3 rings (SSSR count). The second kappa shape index (κ2) is 13.6. The molecule has 0 unspecified atom stereocenters. The molecule has 0 aliphatic carbocycles. The molecular weight excluding hydrogens is 524 g/mol. The number of carbonyl (C=O) groups is 2. The van der Waals surface area contributed by atoms with Crippen LogP contribution in [-0.4, -0.2) is 47.1 Å². The summed E-state index contributed by atoms with van der Waals surface area (Å²) in [5, 5.41) is 20.6. The van der Waals surface area contributed by atoms with Crippen LogP contribution in [0.3, 0.4) is 0 Å². The molecule has 0 fully saturated rings. The summed E-state index contributed by atoms with van der Waals surface area (Å²) in [5.41, 5.74) is 2.02. The Balaban J connectivity index is 2.01. The molecule has 0 saturated carbocycles. The Labute approximate surface area is 240 Å². The van der Waals surface area contributed by atoms with Crippen molar-refractivity contribution in [2.45, 2.75) is 60.5 Å². The summed E-state index contributed by atoms with van der Waals surface area (Å²) in [6.45, 7) is 13.9. The SMILES string of the molecule is C/C=C(\C)OC(=O)N(c1ccc(OCC)cc1)c1c(C)c(NCCCNC(=O)OC(C)(C)C)c(C#N)c2ccnn12. The molecule has 41 heavy (non-hydrogen) atoms. The molecule has 2 heterocycles. The number of benzene rings is 1. The van der Waals surface area contributed by atoms with Crippen LogP contribution >= 0.6 is 0 Å². The number of allylic oxidation sites excluding steroid dienone is 2. The zero-order chi connectivity index (χ0) is 30.2. The molecule has 218 valence electrons. The van der Waals surface area contributed by atoms with E-state index in [0.717, 1.165) is 0 Å². The van der Waals surface area contributed by atoms with Gasteiger partial charge in [-0.3, -0.25) is 0 Å². The number of amides is 2. The van der Waals surface area contributed by atoms with E-state index in [2.05, 4.69) is 21.8 Å². The average Bonchev–Trinajstić information content (AvgIpc) is 3.39. The molecule has 0 radical (unpaired) electrons. The maximum atomic E-state index is 13.6. The molecule has 11 heteroatoms. The lowest BCUT2D eigenvalue weighted by molar-refractivity contribution is 0.0527. The van der Waals surface area contributed by atoms with Gasteiger partial charge >= 0.3 is 12.2 Å². The number of ether oxygens (including phenoxy) is 3. The van der Waals surface area contributed by atoms with Crippen LogP contribution in [0.1, 0.15) is 59.1 Å². The minimum absolute atomic E-state index is 0.373. The van der Waals surface area contributed by atoms with Crippen molar-refractivity contribution in [3.05, 3.63) is 59.5 Å². The second-order valence-electron chi connectivity index (χ2n) is 10.2. The molecule has 0 aliphatic heterocycles. The Morgan fingerprint density at radius 1 is 1.17 bits per heavy atom. The zero-order valence-corrected chi connectivity index (χ0v) is 24.7. The highest BCUT2D eigenvalue weighted by molar-refractivity contribution is 5.98. The van der Waals surface area contributed by atoms with Gasteiger partial charge in [-0.2, -0.15) is 10.4 Å². The summed E-state index contributed by atoms with van der Waals surface area (Å²) < 4.78 is 18.1. The van der Waals surface area contributed by atoms with Crippen molar-refractivity contribution in [2.24, 2.45) is 0 Å². The van der Waals surface area contributed by atoms with Crippen molar-refractivity contribution in [1.82, 2.24) is 14.9 Å². The Kier molecular flexibility index (Phi) is 10.2. The summed E-state index contributed by atoms with van der Waals surface area (Å²) in [4.78, 5) is 27.0. The number of rotatable bonds is 10. The highest BCUT2D eigenvalue weighted by atomic mass is 16.6. The number of fused-ring (bicyclic) bond motifs is 1. The lowest BCUT2D eigenvalue weighted by Gasteiger charge is -2.27. The highest BCUT2D eigenvalue weighted by Crippen LogP contribution is 2.37. The summed E-state index contributed by atoms with van der Waals surface area (Å²) >= 11 is 0. The quantitative estimate of drug-likeness (QED) is 0.213. The molecule has 2 aromatic heterocycles. The summed E-state index contributed by atoms with van der Waals surface area (Å²) in [6.07, 6.45) is 2.71. The van der Waals surface area contributed by atoms with Crippen molar-refractivity contribution in [1.29, 1.82) is 5.26 Å². The Bertz CT molecular complexity index is 1450. The number of alkyl carbamates (subject to hydrolysis) is 1. The minimum Gasteiger partial charge on any atom is -0.494 e. The van der Waals surface area contributed by atoms with Gasteiger partial charge in [0.25, 0.3) is 0 Å². The first-order chi connectivity index (χ1) is 19.5. The molecule has 0 saturated heterocycles. The number of pyridine rings is 1. The van der Waals surface area contributed by atoms with Crippen LogP contribution in [0.25, 0.3) is 5.52 Å². The fourth-order valence-electron chi connectivity index (χ4n) is 4.07. The van der Waals surface area contributed by atoms with Crippen LogP contribution in [0, 0.1) is 18.3 Å². The predicted molar refractivity (Wildman–Crippen MR) is 158 cm³/mol. The van der Waals surface area contributed by atoms with Crippen LogP contribution in [0.2, 0.25) is 0 Å². The van der Waals surface area contributed by atoms with Gasteiger partial charge in [0.1, 0.15) is 34.6 Å². The standard InChI is InChI=1S/C30H38N6O5/c1-8-20(3)40-29(38)35(22-11-13-23(14-12-22)39-9-2)27-21(4)26(24(19-31)25-15-18-34-36(25)27)32-16-10-17-33-28(37)41-30(5,6)7/h8,11-15,18,32H,9-10,16-17H2,1-7H3,(H,33,37)/b20-8+. The van der Waals surface area contributed by atoms with E-state index < -0.39 is 17.8 Å². The largest absolute Gasteiger partial charge is 0.494 e. The van der Waals surface area contributed by atoms with Crippen molar-refractivity contribution >= 4 is 34.9 Å². The Hall–Kier alpha value is -4.72. The molecule has 1 aromatic carbocycles. The van der Waals surface area contributed by atoms with Crippen LogP contribution in [0.5, 0.6) is 5.75 Å². The van der Waals surface area contributed by atoms with Gasteiger partial charge in [0.15, 0.2) is 0 Å². The maximum Gasteiger partial charge on any atom is 0.425 e. The smallest absolute Gasteiger partial charge is 0.425 e. The number of aromatic nitrogens is 2. The fraction of sp³-hybridized carbons (Fsp3) is 0.400. The average molecular weight is 563 g/mol. The summed E-state index contributed by atoms with van der Waals surface area (Å²) in [6, 6.07) is 11.1. The van der Waals surface area contributed by atoms with E-state index in [1.165, 1.54) is 4.90 Å². The van der Waals surface area contributed by atoms with Gasteiger partial charge in [0, 0.05) is 18.7 Å². The van der Waals surface area contributed by atoms with E-state index in [4.69, 9.17) is 14.2 Å². The van der Waals surface area contributed by atoms with Crippen LogP contribution in [0.4, 0.5) is 26.8 Å². The molecule has 3 aromatic rings. The lowest BCUT2D eigenvalue weighted by Crippen LogP contribution is -2.33. The Morgan fingerprint density at radius 2 is 1.88 bits per heavy atom. The van der Waals surface area contributed by atoms with Gasteiger partial charge in [-0.15, -0.1) is 0 Å². The van der Waals surface area contributed by atoms with Gasteiger partial charge in [-0.1, -0.05) is 0 Å². The van der Waals surface area contributed by atoms with E-state index in [0.29, 0.717) is 71.5 Å².